The molecule has 1 fully saturated rings. The zero-order chi connectivity index (χ0) is 17.2. The minimum Gasteiger partial charge on any atom is -0.478 e. The van der Waals surface area contributed by atoms with Gasteiger partial charge in [0.2, 0.25) is 0 Å². The second kappa shape index (κ2) is 6.78. The lowest BCUT2D eigenvalue weighted by molar-refractivity contribution is 0.0698. The van der Waals surface area contributed by atoms with Crippen molar-refractivity contribution in [1.82, 2.24) is 20.1 Å². The van der Waals surface area contributed by atoms with Gasteiger partial charge in [-0.2, -0.15) is 5.10 Å². The number of hydrogen-bond donors (Lipinski definition) is 2. The first kappa shape index (κ1) is 16.0. The average Bonchev–Trinajstić information content (AvgIpc) is 3.36. The van der Waals surface area contributed by atoms with Gasteiger partial charge in [0, 0.05) is 36.1 Å². The van der Waals surface area contributed by atoms with Gasteiger partial charge in [-0.25, -0.2) is 9.78 Å². The van der Waals surface area contributed by atoms with Crippen LogP contribution in [0.4, 0.5) is 0 Å². The summed E-state index contributed by atoms with van der Waals surface area (Å²) in [4.78, 5) is 19.2. The fourth-order valence-corrected chi connectivity index (χ4v) is 4.31. The largest absolute Gasteiger partial charge is 0.478 e. The highest BCUT2D eigenvalue weighted by molar-refractivity contribution is 7.15. The molecule has 7 heteroatoms. The summed E-state index contributed by atoms with van der Waals surface area (Å²) in [6.07, 6.45) is 4.69. The Morgan fingerprint density at radius 3 is 3.04 bits per heavy atom. The maximum atomic E-state index is 11.4. The first-order valence-electron chi connectivity index (χ1n) is 8.20. The van der Waals surface area contributed by atoms with Crippen molar-refractivity contribution >= 4 is 17.3 Å². The Bertz CT molecular complexity index is 875. The van der Waals surface area contributed by atoms with E-state index in [1.807, 2.05) is 18.2 Å². The van der Waals surface area contributed by atoms with Crippen molar-refractivity contribution in [2.75, 3.05) is 13.1 Å². The van der Waals surface area contributed by atoms with E-state index in [9.17, 15) is 9.90 Å². The van der Waals surface area contributed by atoms with Crippen molar-refractivity contribution in [2.45, 2.75) is 18.9 Å². The summed E-state index contributed by atoms with van der Waals surface area (Å²) in [7, 11) is 0. The van der Waals surface area contributed by atoms with E-state index in [0.717, 1.165) is 41.5 Å². The molecule has 1 atom stereocenters. The fourth-order valence-electron chi connectivity index (χ4n) is 3.31. The zero-order valence-electron chi connectivity index (χ0n) is 13.6. The van der Waals surface area contributed by atoms with Gasteiger partial charge in [0.05, 0.1) is 17.0 Å². The Morgan fingerprint density at radius 1 is 1.36 bits per heavy atom. The SMILES string of the molecule is O=C(O)c1ccccc1-c1cnc(CN2CCC(c3ccn[nH]3)C2)s1. The van der Waals surface area contributed by atoms with Crippen LogP contribution in [-0.2, 0) is 6.54 Å². The van der Waals surface area contributed by atoms with E-state index in [1.165, 1.54) is 5.69 Å². The van der Waals surface area contributed by atoms with Gasteiger partial charge in [0.25, 0.3) is 0 Å². The number of likely N-dealkylation sites (tertiary alicyclic amines) is 1. The highest BCUT2D eigenvalue weighted by Gasteiger charge is 2.25. The van der Waals surface area contributed by atoms with Crippen LogP contribution in [0.3, 0.4) is 0 Å². The third-order valence-corrected chi connectivity index (χ3v) is 5.59. The number of hydrogen-bond acceptors (Lipinski definition) is 5. The van der Waals surface area contributed by atoms with E-state index in [4.69, 9.17) is 0 Å². The van der Waals surface area contributed by atoms with Crippen molar-refractivity contribution in [3.8, 4) is 10.4 Å². The lowest BCUT2D eigenvalue weighted by atomic mass is 10.1. The van der Waals surface area contributed by atoms with Gasteiger partial charge in [0.15, 0.2) is 0 Å². The van der Waals surface area contributed by atoms with Crippen molar-refractivity contribution in [1.29, 1.82) is 0 Å². The van der Waals surface area contributed by atoms with Crippen LogP contribution >= 0.6 is 11.3 Å². The number of thiazole rings is 1. The molecular weight excluding hydrogens is 336 g/mol. The summed E-state index contributed by atoms with van der Waals surface area (Å²) in [6.45, 7) is 2.82. The highest BCUT2D eigenvalue weighted by atomic mass is 32.1. The third-order valence-electron chi connectivity index (χ3n) is 4.57. The standard InChI is InChI=1S/C18H18N4O2S/c23-18(24)14-4-2-1-3-13(14)16-9-19-17(25-16)11-22-8-6-12(10-22)15-5-7-20-21-15/h1-5,7,9,12H,6,8,10-11H2,(H,20,21)(H,23,24). The number of carboxylic acids is 1. The van der Waals surface area contributed by atoms with Gasteiger partial charge in [-0.05, 0) is 25.1 Å². The van der Waals surface area contributed by atoms with Crippen LogP contribution in [0.15, 0.2) is 42.7 Å². The maximum absolute atomic E-state index is 11.4. The van der Waals surface area contributed by atoms with Crippen LogP contribution in [0.5, 0.6) is 0 Å². The third kappa shape index (κ3) is 3.33. The molecule has 0 radical (unpaired) electrons. The summed E-state index contributed by atoms with van der Waals surface area (Å²) >= 11 is 1.57. The number of carbonyl (C=O) groups is 1. The number of carboxylic acid groups (broad SMARTS) is 1. The zero-order valence-corrected chi connectivity index (χ0v) is 14.4. The molecule has 1 aliphatic rings. The van der Waals surface area contributed by atoms with Crippen LogP contribution in [-0.4, -0.2) is 44.2 Å². The molecule has 3 aromatic rings. The number of aromatic amines is 1. The molecule has 0 aliphatic carbocycles. The second-order valence-electron chi connectivity index (χ2n) is 6.20. The second-order valence-corrected chi connectivity index (χ2v) is 7.32. The maximum Gasteiger partial charge on any atom is 0.336 e. The van der Waals surface area contributed by atoms with Gasteiger partial charge >= 0.3 is 5.97 Å². The number of nitrogens with one attached hydrogen (secondary N) is 1. The van der Waals surface area contributed by atoms with E-state index >= 15 is 0 Å². The van der Waals surface area contributed by atoms with E-state index < -0.39 is 5.97 Å². The fraction of sp³-hybridized carbons (Fsp3) is 0.278. The van der Waals surface area contributed by atoms with Crippen molar-refractivity contribution in [3.63, 3.8) is 0 Å². The predicted octanol–water partition coefficient (Wildman–Crippen LogP) is 3.22. The van der Waals surface area contributed by atoms with Crippen molar-refractivity contribution in [3.05, 3.63) is 59.0 Å². The number of aromatic carboxylic acids is 1. The molecule has 2 aromatic heterocycles. The Balaban J connectivity index is 1.47. The molecule has 6 nitrogen and oxygen atoms in total. The number of H-pyrrole nitrogens is 1. The van der Waals surface area contributed by atoms with E-state index in [-0.39, 0.29) is 0 Å². The molecule has 1 saturated heterocycles. The summed E-state index contributed by atoms with van der Waals surface area (Å²) in [5, 5.41) is 17.5. The minimum atomic E-state index is -0.910. The lowest BCUT2D eigenvalue weighted by Crippen LogP contribution is -2.19. The summed E-state index contributed by atoms with van der Waals surface area (Å²) in [5.74, 6) is -0.415. The van der Waals surface area contributed by atoms with Crippen LogP contribution < -0.4 is 0 Å². The molecule has 0 amide bonds. The number of benzene rings is 1. The number of rotatable bonds is 5. The van der Waals surface area contributed by atoms with Gasteiger partial charge in [0.1, 0.15) is 5.01 Å². The van der Waals surface area contributed by atoms with E-state index in [2.05, 4.69) is 20.1 Å². The Labute approximate surface area is 149 Å². The van der Waals surface area contributed by atoms with E-state index in [1.54, 1.807) is 35.9 Å². The monoisotopic (exact) mass is 354 g/mol. The highest BCUT2D eigenvalue weighted by Crippen LogP contribution is 2.31. The number of aromatic nitrogens is 3. The van der Waals surface area contributed by atoms with Crippen LogP contribution in [0, 0.1) is 0 Å². The Hall–Kier alpha value is -2.51. The molecule has 25 heavy (non-hydrogen) atoms. The van der Waals surface area contributed by atoms with Gasteiger partial charge < -0.3 is 5.11 Å². The van der Waals surface area contributed by atoms with Crippen molar-refractivity contribution < 1.29 is 9.90 Å². The quantitative estimate of drug-likeness (QED) is 0.735. The first-order chi connectivity index (χ1) is 12.2. The average molecular weight is 354 g/mol. The number of nitrogens with zero attached hydrogens (tertiary/aromatic N) is 3. The molecule has 3 heterocycles. The lowest BCUT2D eigenvalue weighted by Gasteiger charge is -2.13. The summed E-state index contributed by atoms with van der Waals surface area (Å²) in [6, 6.07) is 9.11. The molecule has 128 valence electrons. The van der Waals surface area contributed by atoms with Crippen LogP contribution in [0.2, 0.25) is 0 Å². The topological polar surface area (TPSA) is 82.1 Å². The van der Waals surface area contributed by atoms with Crippen LogP contribution in [0.1, 0.15) is 33.4 Å². The molecular formula is C18H18N4O2S. The predicted molar refractivity (Wildman–Crippen MR) is 95.7 cm³/mol. The molecule has 0 spiro atoms. The molecule has 0 saturated carbocycles. The van der Waals surface area contributed by atoms with Crippen LogP contribution in [0.25, 0.3) is 10.4 Å². The summed E-state index contributed by atoms with van der Waals surface area (Å²) in [5.41, 5.74) is 2.24. The van der Waals surface area contributed by atoms with E-state index in [0.29, 0.717) is 11.5 Å². The molecule has 1 unspecified atom stereocenters. The van der Waals surface area contributed by atoms with Gasteiger partial charge in [-0.15, -0.1) is 11.3 Å². The van der Waals surface area contributed by atoms with Crippen molar-refractivity contribution in [2.24, 2.45) is 0 Å². The smallest absolute Gasteiger partial charge is 0.336 e. The summed E-state index contributed by atoms with van der Waals surface area (Å²) < 4.78 is 0. The Kier molecular flexibility index (Phi) is 4.33. The first-order valence-corrected chi connectivity index (χ1v) is 9.01. The molecule has 1 aromatic carbocycles. The Morgan fingerprint density at radius 2 is 2.24 bits per heavy atom. The molecule has 2 N–H and O–H groups in total. The minimum absolute atomic E-state index is 0.318. The molecule has 1 aliphatic heterocycles. The van der Waals surface area contributed by atoms with Gasteiger partial charge in [-0.3, -0.25) is 10.00 Å². The normalized spacial score (nSPS) is 17.8. The van der Waals surface area contributed by atoms with Gasteiger partial charge in [-0.1, -0.05) is 18.2 Å². The molecule has 0 bridgehead atoms. The molecule has 4 rings (SSSR count).